The minimum atomic E-state index is 0.772. The Morgan fingerprint density at radius 2 is 1.73 bits per heavy atom. The number of nitrogens with zero attached hydrogens (tertiary/aromatic N) is 2. The highest BCUT2D eigenvalue weighted by molar-refractivity contribution is 6.00. The topological polar surface area (TPSA) is 54.2 Å². The molecule has 0 unspecified atom stereocenters. The van der Waals surface area contributed by atoms with E-state index in [0.717, 1.165) is 39.3 Å². The third-order valence-corrected chi connectivity index (χ3v) is 3.68. The van der Waals surface area contributed by atoms with E-state index in [-0.39, 0.29) is 0 Å². The van der Waals surface area contributed by atoms with Crippen LogP contribution in [0.5, 0.6) is 0 Å². The molecule has 1 aromatic heterocycles. The van der Waals surface area contributed by atoms with Crippen molar-refractivity contribution in [3.63, 3.8) is 0 Å². The van der Waals surface area contributed by atoms with E-state index < -0.39 is 0 Å². The molecule has 0 saturated carbocycles. The zero-order chi connectivity index (χ0) is 15.7. The Morgan fingerprint density at radius 1 is 1.00 bits per heavy atom. The van der Waals surface area contributed by atoms with Gasteiger partial charge in [0.25, 0.3) is 0 Å². The van der Waals surface area contributed by atoms with Gasteiger partial charge in [-0.15, -0.1) is 0 Å². The van der Waals surface area contributed by atoms with Crippen molar-refractivity contribution in [1.82, 2.24) is 4.98 Å². The molecule has 3 N–H and O–H groups in total. The van der Waals surface area contributed by atoms with Crippen LogP contribution in [0.25, 0.3) is 10.8 Å². The van der Waals surface area contributed by atoms with E-state index in [2.05, 4.69) is 39.5 Å². The molecule has 0 radical (unpaired) electrons. The molecule has 0 atom stereocenters. The summed E-state index contributed by atoms with van der Waals surface area (Å²) >= 11 is 0. The van der Waals surface area contributed by atoms with E-state index in [1.54, 1.807) is 0 Å². The SMILES string of the molecule is Cc1cc2c(N)cccc2c(Nc2ccc(N(C)C)cc2)n1. The maximum Gasteiger partial charge on any atom is 0.138 e. The van der Waals surface area contributed by atoms with Crippen molar-refractivity contribution in [2.45, 2.75) is 6.92 Å². The van der Waals surface area contributed by atoms with Crippen LogP contribution in [0.1, 0.15) is 5.69 Å². The third kappa shape index (κ3) is 2.68. The van der Waals surface area contributed by atoms with Crippen LogP contribution in [0.15, 0.2) is 48.5 Å². The van der Waals surface area contributed by atoms with Crippen molar-refractivity contribution in [3.8, 4) is 0 Å². The Morgan fingerprint density at radius 3 is 2.41 bits per heavy atom. The molecular formula is C18H20N4. The van der Waals surface area contributed by atoms with Crippen LogP contribution in [-0.4, -0.2) is 19.1 Å². The molecule has 4 heteroatoms. The first-order chi connectivity index (χ1) is 10.5. The Labute approximate surface area is 130 Å². The molecule has 112 valence electrons. The van der Waals surface area contributed by atoms with Gasteiger partial charge in [-0.3, -0.25) is 0 Å². The summed E-state index contributed by atoms with van der Waals surface area (Å²) in [5.41, 5.74) is 9.96. The first-order valence-electron chi connectivity index (χ1n) is 7.25. The number of nitrogens with two attached hydrogens (primary N) is 1. The van der Waals surface area contributed by atoms with E-state index >= 15 is 0 Å². The summed E-state index contributed by atoms with van der Waals surface area (Å²) < 4.78 is 0. The van der Waals surface area contributed by atoms with Gasteiger partial charge in [0.2, 0.25) is 0 Å². The van der Waals surface area contributed by atoms with Crippen LogP contribution in [0.2, 0.25) is 0 Å². The van der Waals surface area contributed by atoms with Gasteiger partial charge in [-0.2, -0.15) is 0 Å². The van der Waals surface area contributed by atoms with E-state index in [4.69, 9.17) is 5.73 Å². The number of anilines is 4. The number of aryl methyl sites for hydroxylation is 1. The molecule has 0 aliphatic heterocycles. The normalized spacial score (nSPS) is 10.7. The summed E-state index contributed by atoms with van der Waals surface area (Å²) in [6.07, 6.45) is 0. The number of nitrogen functional groups attached to an aromatic ring is 1. The van der Waals surface area contributed by atoms with Crippen molar-refractivity contribution in [1.29, 1.82) is 0 Å². The van der Waals surface area contributed by atoms with Crippen LogP contribution >= 0.6 is 0 Å². The fraction of sp³-hybridized carbons (Fsp3) is 0.167. The smallest absolute Gasteiger partial charge is 0.138 e. The minimum Gasteiger partial charge on any atom is -0.398 e. The van der Waals surface area contributed by atoms with E-state index in [1.165, 1.54) is 0 Å². The Hall–Kier alpha value is -2.75. The van der Waals surface area contributed by atoms with E-state index in [1.807, 2.05) is 45.3 Å². The molecule has 0 saturated heterocycles. The molecule has 0 fully saturated rings. The summed E-state index contributed by atoms with van der Waals surface area (Å²) in [7, 11) is 4.06. The lowest BCUT2D eigenvalue weighted by molar-refractivity contribution is 1.13. The van der Waals surface area contributed by atoms with Crippen molar-refractivity contribution in [2.24, 2.45) is 0 Å². The zero-order valence-corrected chi connectivity index (χ0v) is 13.1. The van der Waals surface area contributed by atoms with Crippen LogP contribution in [0.4, 0.5) is 22.9 Å². The second-order valence-electron chi connectivity index (χ2n) is 5.62. The average molecular weight is 292 g/mol. The third-order valence-electron chi connectivity index (χ3n) is 3.68. The van der Waals surface area contributed by atoms with Gasteiger partial charge in [0.05, 0.1) is 0 Å². The molecule has 4 nitrogen and oxygen atoms in total. The summed E-state index contributed by atoms with van der Waals surface area (Å²) in [5.74, 6) is 0.833. The lowest BCUT2D eigenvalue weighted by Crippen LogP contribution is -2.08. The number of benzene rings is 2. The van der Waals surface area contributed by atoms with Gasteiger partial charge in [0.15, 0.2) is 0 Å². The highest BCUT2D eigenvalue weighted by Gasteiger charge is 2.07. The standard InChI is InChI=1S/C18H20N4/c1-12-11-16-15(5-4-6-17(16)19)18(20-12)21-13-7-9-14(10-8-13)22(2)3/h4-11H,19H2,1-3H3,(H,20,21). The number of pyridine rings is 1. The van der Waals surface area contributed by atoms with Gasteiger partial charge in [-0.25, -0.2) is 4.98 Å². The lowest BCUT2D eigenvalue weighted by Gasteiger charge is -2.14. The van der Waals surface area contributed by atoms with Crippen LogP contribution < -0.4 is 16.0 Å². The maximum absolute atomic E-state index is 6.08. The molecule has 0 aliphatic carbocycles. The van der Waals surface area contributed by atoms with Gasteiger partial charge >= 0.3 is 0 Å². The van der Waals surface area contributed by atoms with Gasteiger partial charge in [0, 0.05) is 47.6 Å². The quantitative estimate of drug-likeness (QED) is 0.718. The molecule has 2 aromatic carbocycles. The molecular weight excluding hydrogens is 272 g/mol. The van der Waals surface area contributed by atoms with Gasteiger partial charge in [-0.1, -0.05) is 12.1 Å². The molecule has 0 spiro atoms. The van der Waals surface area contributed by atoms with Crippen LogP contribution in [0, 0.1) is 6.92 Å². The number of hydrogen-bond acceptors (Lipinski definition) is 4. The zero-order valence-electron chi connectivity index (χ0n) is 13.1. The van der Waals surface area contributed by atoms with Gasteiger partial charge in [0.1, 0.15) is 5.82 Å². The monoisotopic (exact) mass is 292 g/mol. The molecule has 3 aromatic rings. The first kappa shape index (κ1) is 14.2. The number of nitrogens with one attached hydrogen (secondary N) is 1. The highest BCUT2D eigenvalue weighted by Crippen LogP contribution is 2.29. The van der Waals surface area contributed by atoms with Crippen LogP contribution in [0.3, 0.4) is 0 Å². The van der Waals surface area contributed by atoms with Crippen molar-refractivity contribution >= 4 is 33.7 Å². The minimum absolute atomic E-state index is 0.772. The van der Waals surface area contributed by atoms with Crippen LogP contribution in [-0.2, 0) is 0 Å². The fourth-order valence-corrected chi connectivity index (χ4v) is 2.50. The second-order valence-corrected chi connectivity index (χ2v) is 5.62. The summed E-state index contributed by atoms with van der Waals surface area (Å²) in [6, 6.07) is 16.2. The molecule has 0 amide bonds. The first-order valence-corrected chi connectivity index (χ1v) is 7.25. The van der Waals surface area contributed by atoms with Crippen molar-refractivity contribution in [3.05, 3.63) is 54.2 Å². The Balaban J connectivity index is 2.01. The molecule has 0 bridgehead atoms. The Kier molecular flexibility index (Phi) is 3.59. The average Bonchev–Trinajstić information content (AvgIpc) is 2.49. The van der Waals surface area contributed by atoms with E-state index in [9.17, 15) is 0 Å². The Bertz CT molecular complexity index is 807. The van der Waals surface area contributed by atoms with Gasteiger partial charge in [-0.05, 0) is 43.3 Å². The highest BCUT2D eigenvalue weighted by atomic mass is 15.1. The number of hydrogen-bond donors (Lipinski definition) is 2. The van der Waals surface area contributed by atoms with Crippen molar-refractivity contribution < 1.29 is 0 Å². The molecule has 1 heterocycles. The van der Waals surface area contributed by atoms with E-state index in [0.29, 0.717) is 0 Å². The number of fused-ring (bicyclic) bond motifs is 1. The summed E-state index contributed by atoms with van der Waals surface area (Å²) in [4.78, 5) is 6.69. The summed E-state index contributed by atoms with van der Waals surface area (Å²) in [6.45, 7) is 1.98. The lowest BCUT2D eigenvalue weighted by atomic mass is 10.1. The molecule has 22 heavy (non-hydrogen) atoms. The number of aromatic nitrogens is 1. The number of rotatable bonds is 3. The summed E-state index contributed by atoms with van der Waals surface area (Å²) in [5, 5.41) is 5.46. The second kappa shape index (κ2) is 5.56. The maximum atomic E-state index is 6.08. The van der Waals surface area contributed by atoms with Gasteiger partial charge < -0.3 is 16.0 Å². The van der Waals surface area contributed by atoms with Crippen molar-refractivity contribution in [2.75, 3.05) is 30.0 Å². The molecule has 0 aliphatic rings. The molecule has 3 rings (SSSR count). The predicted octanol–water partition coefficient (Wildman–Crippen LogP) is 3.94. The fourth-order valence-electron chi connectivity index (χ4n) is 2.50. The predicted molar refractivity (Wildman–Crippen MR) is 94.9 cm³/mol. The largest absolute Gasteiger partial charge is 0.398 e.